The zero-order valence-corrected chi connectivity index (χ0v) is 23.5. The first-order valence-electron chi connectivity index (χ1n) is 10.8. The molecule has 0 fully saturated rings. The minimum atomic E-state index is -0.413. The Morgan fingerprint density at radius 1 is 0.763 bits per heavy atom. The van der Waals surface area contributed by atoms with Gasteiger partial charge in [-0.15, -0.1) is 0 Å². The standard InChI is InChI=1S/C24H32N2O.5CO.Cr/c1-6-27-24(2,3)23(17-18-25(4)5)26(19-21-13-9-7-10-14-21)20-22-15-11-8-12-16-22;5*1-2;/h7-17H,6,19-20H2,1-5H3;;;;;;/b23-17+;;;;;;. The molecule has 0 spiro atoms. The summed E-state index contributed by atoms with van der Waals surface area (Å²) < 4.78 is 44.8. The van der Waals surface area contributed by atoms with Crippen LogP contribution in [0.3, 0.4) is 0 Å². The average Bonchev–Trinajstić information content (AvgIpc) is 2.97. The van der Waals surface area contributed by atoms with E-state index in [2.05, 4.69) is 139 Å². The van der Waals surface area contributed by atoms with Gasteiger partial charge in [0.15, 0.2) is 0 Å². The van der Waals surface area contributed by atoms with Crippen molar-refractivity contribution in [1.29, 1.82) is 0 Å². The van der Waals surface area contributed by atoms with Gasteiger partial charge in [0.1, 0.15) is 0 Å². The van der Waals surface area contributed by atoms with E-state index in [0.29, 0.717) is 6.61 Å². The number of nitrogens with zero attached hydrogens (tertiary/aromatic N) is 2. The van der Waals surface area contributed by atoms with Gasteiger partial charge < -0.3 is 0 Å². The molecule has 0 atom stereocenters. The van der Waals surface area contributed by atoms with Crippen molar-refractivity contribution in [1.82, 2.24) is 9.80 Å². The van der Waals surface area contributed by atoms with Crippen molar-refractivity contribution in [2.24, 2.45) is 0 Å². The van der Waals surface area contributed by atoms with Crippen LogP contribution < -0.4 is 0 Å². The molecule has 0 aliphatic heterocycles. The van der Waals surface area contributed by atoms with Crippen LogP contribution in [-0.4, -0.2) is 40.6 Å². The molecule has 2 rings (SSSR count). The SMILES string of the molecule is CCOC(C)(C)/C(=C\[C](=[Cr])N(C)C)N(Cc1ccccc1)Cc1ccccc1.[C-]#[O+].[C-]#[O+].[C-]#[O+].[C-]#[O+].[C-]#[O+]. The first-order valence-corrected chi connectivity index (χ1v) is 11.4. The van der Waals surface area contributed by atoms with E-state index in [1.807, 2.05) is 21.0 Å². The molecule has 0 bridgehead atoms. The van der Waals surface area contributed by atoms with Crippen molar-refractivity contribution in [3.05, 3.63) is 117 Å². The predicted molar refractivity (Wildman–Crippen MR) is 134 cm³/mol. The number of ether oxygens (including phenoxy) is 1. The molecule has 0 saturated heterocycles. The minimum absolute atomic E-state index is 0.413. The van der Waals surface area contributed by atoms with Crippen LogP contribution >= 0.6 is 0 Å². The summed E-state index contributed by atoms with van der Waals surface area (Å²) in [4.78, 5) is 4.51. The molecule has 0 aliphatic carbocycles. The average molecular weight is 557 g/mol. The van der Waals surface area contributed by atoms with Crippen molar-refractivity contribution < 1.29 is 43.8 Å². The van der Waals surface area contributed by atoms with Gasteiger partial charge in [0.05, 0.1) is 0 Å². The van der Waals surface area contributed by atoms with Gasteiger partial charge in [-0.05, 0) is 0 Å². The van der Waals surface area contributed by atoms with Crippen molar-refractivity contribution in [2.45, 2.75) is 39.5 Å². The summed E-state index contributed by atoms with van der Waals surface area (Å²) in [7, 11) is 4.10. The van der Waals surface area contributed by atoms with E-state index in [1.165, 1.54) is 11.1 Å². The van der Waals surface area contributed by atoms with Crippen LogP contribution in [0, 0.1) is 33.3 Å². The molecule has 9 heteroatoms. The Morgan fingerprint density at radius 2 is 1.11 bits per heavy atom. The quantitative estimate of drug-likeness (QED) is 0.318. The number of likely N-dealkylation sites (N-methyl/N-ethyl adjacent to an activating group) is 1. The van der Waals surface area contributed by atoms with Crippen LogP contribution in [-0.2, 0) is 56.9 Å². The molecule has 0 N–H and O–H groups in total. The number of benzene rings is 2. The summed E-state index contributed by atoms with van der Waals surface area (Å²) >= 11 is 3.19. The normalized spacial score (nSPS) is 9.32. The molecule has 0 unspecified atom stereocenters. The first-order chi connectivity index (χ1) is 18.3. The van der Waals surface area contributed by atoms with E-state index in [-0.39, 0.29) is 0 Å². The Morgan fingerprint density at radius 3 is 1.39 bits per heavy atom. The van der Waals surface area contributed by atoms with Gasteiger partial charge in [-0.1, -0.05) is 0 Å². The molecule has 2 aromatic rings. The van der Waals surface area contributed by atoms with Crippen LogP contribution in [0.2, 0.25) is 0 Å². The molecule has 2 aromatic carbocycles. The summed E-state index contributed by atoms with van der Waals surface area (Å²) in [6.07, 6.45) is 2.21. The Balaban J connectivity index is -0.000000517. The zero-order chi connectivity index (χ0) is 30.6. The fraction of sp³-hybridized carbons (Fsp3) is 0.310. The van der Waals surface area contributed by atoms with Crippen LogP contribution in [0.15, 0.2) is 72.4 Å². The maximum absolute atomic E-state index is 7.50. The third-order valence-corrected chi connectivity index (χ3v) is 5.35. The number of hydrogen-bond donors (Lipinski definition) is 0. The number of rotatable bonds is 10. The Labute approximate surface area is 234 Å². The second-order valence-electron chi connectivity index (χ2n) is 7.53. The first kappa shape index (κ1) is 42.1. The Hall–Kier alpha value is -3.00. The van der Waals surface area contributed by atoms with Crippen LogP contribution in [0.1, 0.15) is 31.9 Å². The topological polar surface area (TPSA) is 115 Å². The maximum atomic E-state index is 7.50. The summed E-state index contributed by atoms with van der Waals surface area (Å²) in [5, 5.41) is 0. The Kier molecular flexibility index (Phi) is 31.7. The van der Waals surface area contributed by atoms with E-state index < -0.39 is 5.60 Å². The van der Waals surface area contributed by atoms with Gasteiger partial charge in [0, 0.05) is 0 Å². The molecular weight excluding hydrogens is 524 g/mol. The van der Waals surface area contributed by atoms with Crippen molar-refractivity contribution >= 4 is 4.50 Å². The van der Waals surface area contributed by atoms with Gasteiger partial charge in [-0.25, -0.2) is 0 Å². The fourth-order valence-electron chi connectivity index (χ4n) is 3.16. The summed E-state index contributed by atoms with van der Waals surface area (Å²) in [6, 6.07) is 21.2. The molecule has 200 valence electrons. The molecular formula is C29H32CrN2O6. The van der Waals surface area contributed by atoms with Crippen LogP contribution in [0.5, 0.6) is 0 Å². The second-order valence-corrected chi connectivity index (χ2v) is 8.19. The van der Waals surface area contributed by atoms with Gasteiger partial charge in [-0.3, -0.25) is 0 Å². The van der Waals surface area contributed by atoms with Crippen LogP contribution in [0.25, 0.3) is 0 Å². The second kappa shape index (κ2) is 28.6. The van der Waals surface area contributed by atoms with Crippen molar-refractivity contribution in [3.63, 3.8) is 0 Å². The molecule has 0 aliphatic rings. The molecule has 0 aromatic heterocycles. The summed E-state index contributed by atoms with van der Waals surface area (Å²) in [6.45, 7) is 31.1. The molecule has 0 amide bonds. The fourth-order valence-corrected chi connectivity index (χ4v) is 3.33. The molecule has 0 radical (unpaired) electrons. The third-order valence-electron chi connectivity index (χ3n) is 4.60. The van der Waals surface area contributed by atoms with Gasteiger partial charge in [0.2, 0.25) is 0 Å². The summed E-state index contributed by atoms with van der Waals surface area (Å²) in [5.74, 6) is 0. The van der Waals surface area contributed by atoms with E-state index >= 15 is 0 Å². The van der Waals surface area contributed by atoms with E-state index in [9.17, 15) is 0 Å². The van der Waals surface area contributed by atoms with Gasteiger partial charge in [-0.2, -0.15) is 0 Å². The van der Waals surface area contributed by atoms with E-state index in [4.69, 9.17) is 28.0 Å². The monoisotopic (exact) mass is 556 g/mol. The van der Waals surface area contributed by atoms with Gasteiger partial charge >= 0.3 is 235 Å². The third kappa shape index (κ3) is 18.3. The van der Waals surface area contributed by atoms with Gasteiger partial charge in [0.25, 0.3) is 0 Å². The van der Waals surface area contributed by atoms with E-state index in [1.54, 1.807) is 0 Å². The van der Waals surface area contributed by atoms with Crippen molar-refractivity contribution in [3.8, 4) is 0 Å². The Bertz CT molecular complexity index is 918. The van der Waals surface area contributed by atoms with Crippen LogP contribution in [0.4, 0.5) is 0 Å². The molecule has 38 heavy (non-hydrogen) atoms. The molecule has 8 nitrogen and oxygen atoms in total. The van der Waals surface area contributed by atoms with E-state index in [0.717, 1.165) is 23.3 Å². The summed E-state index contributed by atoms with van der Waals surface area (Å²) in [5.41, 5.74) is 3.31. The predicted octanol–water partition coefficient (Wildman–Crippen LogP) is 4.44. The molecule has 0 heterocycles. The number of hydrogen-bond acceptors (Lipinski definition) is 3. The van der Waals surface area contributed by atoms with Crippen molar-refractivity contribution in [2.75, 3.05) is 20.7 Å². The molecule has 0 saturated carbocycles. The zero-order valence-electron chi connectivity index (χ0n) is 22.2.